The molecule has 1 fully saturated rings. The fraction of sp³-hybridized carbons (Fsp3) is 0.333. The smallest absolute Gasteiger partial charge is 0.275 e. The number of H-pyrrole nitrogens is 1. The molecule has 1 aliphatic rings. The SMILES string of the molecule is Cc1nnc([C@@H]2COCCN2C(=O)c2n[nH]c3ccccc23)o1. The molecule has 8 nitrogen and oxygen atoms in total. The second-order valence-corrected chi connectivity index (χ2v) is 5.37. The maximum atomic E-state index is 13.0. The average Bonchev–Trinajstić information content (AvgIpc) is 3.20. The Kier molecular flexibility index (Phi) is 3.30. The van der Waals surface area contributed by atoms with Gasteiger partial charge in [-0.3, -0.25) is 9.89 Å². The fourth-order valence-corrected chi connectivity index (χ4v) is 2.76. The van der Waals surface area contributed by atoms with Crippen LogP contribution in [0.2, 0.25) is 0 Å². The predicted molar refractivity (Wildman–Crippen MR) is 79.7 cm³/mol. The van der Waals surface area contributed by atoms with Gasteiger partial charge >= 0.3 is 0 Å². The Balaban J connectivity index is 1.70. The molecular weight excluding hydrogens is 298 g/mol. The predicted octanol–water partition coefficient (Wildman–Crippen LogP) is 1.47. The van der Waals surface area contributed by atoms with Crippen molar-refractivity contribution in [2.75, 3.05) is 19.8 Å². The molecule has 118 valence electrons. The van der Waals surface area contributed by atoms with E-state index in [4.69, 9.17) is 9.15 Å². The molecule has 2 aromatic heterocycles. The summed E-state index contributed by atoms with van der Waals surface area (Å²) in [6, 6.07) is 7.14. The van der Waals surface area contributed by atoms with Gasteiger partial charge in [-0.05, 0) is 6.07 Å². The first-order chi connectivity index (χ1) is 11.2. The quantitative estimate of drug-likeness (QED) is 0.769. The van der Waals surface area contributed by atoms with Crippen LogP contribution < -0.4 is 0 Å². The number of fused-ring (bicyclic) bond motifs is 1. The van der Waals surface area contributed by atoms with Crippen LogP contribution >= 0.6 is 0 Å². The zero-order chi connectivity index (χ0) is 15.8. The van der Waals surface area contributed by atoms with Gasteiger partial charge < -0.3 is 14.1 Å². The van der Waals surface area contributed by atoms with Crippen molar-refractivity contribution in [1.82, 2.24) is 25.3 Å². The van der Waals surface area contributed by atoms with Gasteiger partial charge in [-0.2, -0.15) is 5.10 Å². The molecular formula is C15H15N5O3. The van der Waals surface area contributed by atoms with Gasteiger partial charge in [0.1, 0.15) is 6.04 Å². The summed E-state index contributed by atoms with van der Waals surface area (Å²) in [6.07, 6.45) is 0. The summed E-state index contributed by atoms with van der Waals surface area (Å²) in [6.45, 7) is 2.97. The average molecular weight is 313 g/mol. The number of benzene rings is 1. The van der Waals surface area contributed by atoms with Crippen LogP contribution in [0.15, 0.2) is 28.7 Å². The molecule has 3 heterocycles. The van der Waals surface area contributed by atoms with Gasteiger partial charge in [-0.15, -0.1) is 10.2 Å². The molecule has 0 unspecified atom stereocenters. The largest absolute Gasteiger partial charge is 0.423 e. The molecule has 1 amide bonds. The summed E-state index contributed by atoms with van der Waals surface area (Å²) in [7, 11) is 0. The highest BCUT2D eigenvalue weighted by Gasteiger charge is 2.34. The van der Waals surface area contributed by atoms with Crippen LogP contribution in [0.5, 0.6) is 0 Å². The third-order valence-corrected chi connectivity index (χ3v) is 3.89. The number of carbonyl (C=O) groups excluding carboxylic acids is 1. The molecule has 23 heavy (non-hydrogen) atoms. The Morgan fingerprint density at radius 2 is 2.22 bits per heavy atom. The fourth-order valence-electron chi connectivity index (χ4n) is 2.76. The number of ether oxygens (including phenoxy) is 1. The number of aromatic amines is 1. The molecule has 0 spiro atoms. The van der Waals surface area contributed by atoms with Crippen LogP contribution in [-0.4, -0.2) is 51.0 Å². The lowest BCUT2D eigenvalue weighted by atomic mass is 10.1. The number of hydrogen-bond acceptors (Lipinski definition) is 6. The monoisotopic (exact) mass is 313 g/mol. The van der Waals surface area contributed by atoms with Gasteiger partial charge in [0.25, 0.3) is 5.91 Å². The molecule has 1 saturated heterocycles. The highest BCUT2D eigenvalue weighted by molar-refractivity contribution is 6.04. The van der Waals surface area contributed by atoms with Crippen molar-refractivity contribution in [1.29, 1.82) is 0 Å². The minimum Gasteiger partial charge on any atom is -0.423 e. The molecule has 3 aromatic rings. The molecule has 1 N–H and O–H groups in total. The van der Waals surface area contributed by atoms with Gasteiger partial charge in [-0.25, -0.2) is 0 Å². The van der Waals surface area contributed by atoms with E-state index >= 15 is 0 Å². The van der Waals surface area contributed by atoms with Crippen LogP contribution in [0.1, 0.15) is 28.3 Å². The standard InChI is InChI=1S/C15H15N5O3/c1-9-16-19-14(23-9)12-8-22-7-6-20(12)15(21)13-10-4-2-3-5-11(10)17-18-13/h2-5,12H,6-8H2,1H3,(H,17,18)/t12-/m0/s1. The van der Waals surface area contributed by atoms with Crippen LogP contribution in [-0.2, 0) is 4.74 Å². The number of morpholine rings is 1. The highest BCUT2D eigenvalue weighted by atomic mass is 16.5. The summed E-state index contributed by atoms with van der Waals surface area (Å²) >= 11 is 0. The number of aryl methyl sites for hydroxylation is 1. The molecule has 4 rings (SSSR count). The summed E-state index contributed by atoms with van der Waals surface area (Å²) < 4.78 is 11.0. The number of rotatable bonds is 2. The Bertz CT molecular complexity index is 856. The molecule has 0 saturated carbocycles. The zero-order valence-corrected chi connectivity index (χ0v) is 12.5. The first kappa shape index (κ1) is 13.9. The van der Waals surface area contributed by atoms with Crippen molar-refractivity contribution in [2.45, 2.75) is 13.0 Å². The molecule has 1 aromatic carbocycles. The molecule has 1 atom stereocenters. The van der Waals surface area contributed by atoms with Gasteiger partial charge in [0.2, 0.25) is 11.8 Å². The van der Waals surface area contributed by atoms with E-state index in [-0.39, 0.29) is 5.91 Å². The summed E-state index contributed by atoms with van der Waals surface area (Å²) in [5.74, 6) is 0.671. The maximum Gasteiger partial charge on any atom is 0.275 e. The van der Waals surface area contributed by atoms with E-state index in [1.807, 2.05) is 24.3 Å². The first-order valence-corrected chi connectivity index (χ1v) is 7.36. The first-order valence-electron chi connectivity index (χ1n) is 7.36. The van der Waals surface area contributed by atoms with Crippen molar-refractivity contribution >= 4 is 16.8 Å². The summed E-state index contributed by atoms with van der Waals surface area (Å²) in [4.78, 5) is 14.6. The van der Waals surface area contributed by atoms with Crippen LogP contribution in [0.25, 0.3) is 10.9 Å². The van der Waals surface area contributed by atoms with Crippen molar-refractivity contribution < 1.29 is 13.9 Å². The molecule has 0 bridgehead atoms. The van der Waals surface area contributed by atoms with E-state index < -0.39 is 6.04 Å². The lowest BCUT2D eigenvalue weighted by Gasteiger charge is -2.32. The molecule has 0 radical (unpaired) electrons. The van der Waals surface area contributed by atoms with Gasteiger partial charge in [0.05, 0.1) is 18.7 Å². The number of nitrogens with one attached hydrogen (secondary N) is 1. The molecule has 0 aliphatic carbocycles. The third-order valence-electron chi connectivity index (χ3n) is 3.89. The van der Waals surface area contributed by atoms with E-state index in [1.165, 1.54) is 0 Å². The Morgan fingerprint density at radius 3 is 3.04 bits per heavy atom. The van der Waals surface area contributed by atoms with Crippen LogP contribution in [0, 0.1) is 6.92 Å². The second kappa shape index (κ2) is 5.47. The van der Waals surface area contributed by atoms with Crippen molar-refractivity contribution in [3.8, 4) is 0 Å². The summed E-state index contributed by atoms with van der Waals surface area (Å²) in [5, 5.41) is 15.7. The Morgan fingerprint density at radius 1 is 1.35 bits per heavy atom. The lowest BCUT2D eigenvalue weighted by molar-refractivity contribution is -0.0108. The number of hydrogen-bond donors (Lipinski definition) is 1. The Labute approximate surface area is 131 Å². The van der Waals surface area contributed by atoms with E-state index in [2.05, 4.69) is 20.4 Å². The minimum absolute atomic E-state index is 0.174. The van der Waals surface area contributed by atoms with E-state index in [0.717, 1.165) is 10.9 Å². The van der Waals surface area contributed by atoms with Crippen LogP contribution in [0.3, 0.4) is 0 Å². The zero-order valence-electron chi connectivity index (χ0n) is 12.5. The molecule has 1 aliphatic heterocycles. The third kappa shape index (κ3) is 2.36. The van der Waals surface area contributed by atoms with Crippen molar-refractivity contribution in [3.05, 3.63) is 41.7 Å². The number of para-hydroxylation sites is 1. The van der Waals surface area contributed by atoms with Crippen LogP contribution in [0.4, 0.5) is 0 Å². The maximum absolute atomic E-state index is 13.0. The number of carbonyl (C=O) groups is 1. The van der Waals surface area contributed by atoms with E-state index in [1.54, 1.807) is 11.8 Å². The summed E-state index contributed by atoms with van der Waals surface area (Å²) in [5.41, 5.74) is 1.22. The van der Waals surface area contributed by atoms with Crippen molar-refractivity contribution in [2.24, 2.45) is 0 Å². The highest BCUT2D eigenvalue weighted by Crippen LogP contribution is 2.26. The molecule has 8 heteroatoms. The topological polar surface area (TPSA) is 97.1 Å². The second-order valence-electron chi connectivity index (χ2n) is 5.37. The van der Waals surface area contributed by atoms with Gasteiger partial charge in [-0.1, -0.05) is 18.2 Å². The number of nitrogens with zero attached hydrogens (tertiary/aromatic N) is 4. The number of aromatic nitrogens is 4. The Hall–Kier alpha value is -2.74. The normalized spacial score (nSPS) is 18.5. The number of amides is 1. The van der Waals surface area contributed by atoms with E-state index in [0.29, 0.717) is 37.2 Å². The minimum atomic E-state index is -0.395. The van der Waals surface area contributed by atoms with E-state index in [9.17, 15) is 4.79 Å². The lowest BCUT2D eigenvalue weighted by Crippen LogP contribution is -2.43. The van der Waals surface area contributed by atoms with Crippen molar-refractivity contribution in [3.63, 3.8) is 0 Å². The van der Waals surface area contributed by atoms with Gasteiger partial charge in [0.15, 0.2) is 5.69 Å². The van der Waals surface area contributed by atoms with Gasteiger partial charge in [0, 0.05) is 18.9 Å².